The molecule has 0 aliphatic carbocycles. The summed E-state index contributed by atoms with van der Waals surface area (Å²) in [7, 11) is 0. The summed E-state index contributed by atoms with van der Waals surface area (Å²) in [6.45, 7) is 1.61. The van der Waals surface area contributed by atoms with Crippen LogP contribution in [0.5, 0.6) is 0 Å². The molecule has 0 spiro atoms. The van der Waals surface area contributed by atoms with E-state index in [4.69, 9.17) is 23.2 Å². The van der Waals surface area contributed by atoms with E-state index < -0.39 is 4.92 Å². The summed E-state index contributed by atoms with van der Waals surface area (Å²) >= 11 is 11.7. The van der Waals surface area contributed by atoms with Crippen molar-refractivity contribution in [3.05, 3.63) is 73.2 Å². The first-order valence-electron chi connectivity index (χ1n) is 5.64. The van der Waals surface area contributed by atoms with Crippen LogP contribution in [-0.2, 0) is 0 Å². The number of benzene rings is 2. The van der Waals surface area contributed by atoms with Crippen LogP contribution in [-0.4, -0.2) is 10.7 Å². The lowest BCUT2D eigenvalue weighted by molar-refractivity contribution is -0.385. The van der Waals surface area contributed by atoms with Crippen LogP contribution in [0.1, 0.15) is 21.5 Å². The smallest absolute Gasteiger partial charge is 0.273 e. The zero-order valence-corrected chi connectivity index (χ0v) is 11.9. The van der Waals surface area contributed by atoms with E-state index in [2.05, 4.69) is 0 Å². The highest BCUT2D eigenvalue weighted by Gasteiger charge is 2.16. The lowest BCUT2D eigenvalue weighted by Crippen LogP contribution is -2.03. The van der Waals surface area contributed by atoms with Crippen molar-refractivity contribution < 1.29 is 9.72 Å². The Morgan fingerprint density at radius 1 is 1.05 bits per heavy atom. The number of nitrogens with zero attached hydrogens (tertiary/aromatic N) is 1. The first kappa shape index (κ1) is 14.5. The first-order chi connectivity index (χ1) is 9.38. The van der Waals surface area contributed by atoms with Crippen molar-refractivity contribution in [2.24, 2.45) is 0 Å². The van der Waals surface area contributed by atoms with Gasteiger partial charge in [-0.15, -0.1) is 0 Å². The quantitative estimate of drug-likeness (QED) is 0.478. The third-order valence-corrected chi connectivity index (χ3v) is 3.23. The van der Waals surface area contributed by atoms with Gasteiger partial charge in [0.1, 0.15) is 0 Å². The molecule has 2 aromatic carbocycles. The monoisotopic (exact) mass is 309 g/mol. The number of carbonyl (C=O) groups excluding carboxylic acids is 1. The van der Waals surface area contributed by atoms with Gasteiger partial charge in [-0.05, 0) is 25.1 Å². The number of halogens is 2. The molecule has 0 N–H and O–H groups in total. The molecular weight excluding hydrogens is 301 g/mol. The lowest BCUT2D eigenvalue weighted by Gasteiger charge is -2.04. The number of nitro benzene ring substituents is 1. The van der Waals surface area contributed by atoms with Crippen molar-refractivity contribution in [3.63, 3.8) is 0 Å². The Morgan fingerprint density at radius 3 is 2.20 bits per heavy atom. The Bertz CT molecular complexity index is 693. The molecule has 4 nitrogen and oxygen atoms in total. The zero-order valence-electron chi connectivity index (χ0n) is 10.4. The van der Waals surface area contributed by atoms with Crippen molar-refractivity contribution in [3.8, 4) is 0 Å². The van der Waals surface area contributed by atoms with Gasteiger partial charge in [0.2, 0.25) is 0 Å². The van der Waals surface area contributed by atoms with Crippen molar-refractivity contribution in [1.82, 2.24) is 0 Å². The summed E-state index contributed by atoms with van der Waals surface area (Å²) in [4.78, 5) is 22.7. The Labute approximate surface area is 125 Å². The second-order valence-corrected chi connectivity index (χ2v) is 5.12. The Balaban J connectivity index is 2.48. The van der Waals surface area contributed by atoms with Crippen LogP contribution in [0, 0.1) is 17.0 Å². The Morgan fingerprint density at radius 2 is 1.65 bits per heavy atom. The Hall–Kier alpha value is -1.91. The maximum absolute atomic E-state index is 12.3. The molecule has 0 aliphatic heterocycles. The number of carbonyl (C=O) groups is 1. The summed E-state index contributed by atoms with van der Waals surface area (Å²) in [6, 6.07) is 8.80. The molecule has 0 amide bonds. The van der Waals surface area contributed by atoms with Gasteiger partial charge in [0.25, 0.3) is 5.69 Å². The van der Waals surface area contributed by atoms with E-state index in [0.29, 0.717) is 21.2 Å². The number of hydrogen-bond donors (Lipinski definition) is 0. The maximum atomic E-state index is 12.3. The van der Waals surface area contributed by atoms with Crippen LogP contribution in [0.15, 0.2) is 36.4 Å². The van der Waals surface area contributed by atoms with E-state index in [9.17, 15) is 14.9 Å². The van der Waals surface area contributed by atoms with Gasteiger partial charge >= 0.3 is 0 Å². The fourth-order valence-electron chi connectivity index (χ4n) is 1.80. The number of ketones is 1. The Kier molecular flexibility index (Phi) is 4.06. The molecule has 0 aromatic heterocycles. The average Bonchev–Trinajstić information content (AvgIpc) is 2.37. The molecule has 0 aliphatic rings. The van der Waals surface area contributed by atoms with Crippen molar-refractivity contribution in [2.75, 3.05) is 0 Å². The van der Waals surface area contributed by atoms with Crippen molar-refractivity contribution >= 4 is 34.7 Å². The maximum Gasteiger partial charge on any atom is 0.273 e. The fourth-order valence-corrected chi connectivity index (χ4v) is 2.32. The molecule has 0 radical (unpaired) electrons. The normalized spacial score (nSPS) is 10.3. The highest BCUT2D eigenvalue weighted by molar-refractivity contribution is 6.35. The predicted octanol–water partition coefficient (Wildman–Crippen LogP) is 4.44. The lowest BCUT2D eigenvalue weighted by atomic mass is 10.0. The molecule has 0 heterocycles. The summed E-state index contributed by atoms with van der Waals surface area (Å²) in [6.07, 6.45) is 0. The molecule has 6 heteroatoms. The van der Waals surface area contributed by atoms with Crippen LogP contribution in [0.4, 0.5) is 5.69 Å². The topological polar surface area (TPSA) is 60.2 Å². The molecule has 0 saturated heterocycles. The van der Waals surface area contributed by atoms with Gasteiger partial charge in [-0.2, -0.15) is 0 Å². The van der Waals surface area contributed by atoms with Crippen LogP contribution in [0.3, 0.4) is 0 Å². The summed E-state index contributed by atoms with van der Waals surface area (Å²) in [5.74, 6) is -0.363. The highest BCUT2D eigenvalue weighted by Crippen LogP contribution is 2.24. The molecular formula is C14H9Cl2NO3. The fraction of sp³-hybridized carbons (Fsp3) is 0.0714. The van der Waals surface area contributed by atoms with Gasteiger partial charge in [0.15, 0.2) is 5.78 Å². The van der Waals surface area contributed by atoms with E-state index in [-0.39, 0.29) is 17.0 Å². The molecule has 20 heavy (non-hydrogen) atoms. The molecule has 2 aromatic rings. The third-order valence-electron chi connectivity index (χ3n) is 2.79. The van der Waals surface area contributed by atoms with Gasteiger partial charge in [0.05, 0.1) is 4.92 Å². The molecule has 0 saturated carbocycles. The van der Waals surface area contributed by atoms with E-state index >= 15 is 0 Å². The number of hydrogen-bond acceptors (Lipinski definition) is 3. The van der Waals surface area contributed by atoms with Crippen molar-refractivity contribution in [2.45, 2.75) is 6.92 Å². The number of aryl methyl sites for hydroxylation is 1. The second kappa shape index (κ2) is 5.61. The van der Waals surface area contributed by atoms with Gasteiger partial charge in [0, 0.05) is 32.8 Å². The van der Waals surface area contributed by atoms with E-state index in [1.165, 1.54) is 30.3 Å². The van der Waals surface area contributed by atoms with Crippen molar-refractivity contribution in [1.29, 1.82) is 0 Å². The molecule has 102 valence electrons. The summed E-state index contributed by atoms with van der Waals surface area (Å²) < 4.78 is 0. The van der Waals surface area contributed by atoms with Gasteiger partial charge in [-0.1, -0.05) is 35.3 Å². The highest BCUT2D eigenvalue weighted by atomic mass is 35.5. The minimum Gasteiger partial charge on any atom is -0.289 e. The number of nitro groups is 1. The van der Waals surface area contributed by atoms with E-state index in [1.807, 2.05) is 0 Å². The summed E-state index contributed by atoms with van der Waals surface area (Å²) in [5, 5.41) is 11.6. The van der Waals surface area contributed by atoms with Gasteiger partial charge in [-0.3, -0.25) is 14.9 Å². The van der Waals surface area contributed by atoms with Crippen LogP contribution in [0.25, 0.3) is 0 Å². The molecule has 0 atom stereocenters. The van der Waals surface area contributed by atoms with Crippen LogP contribution >= 0.6 is 23.2 Å². The van der Waals surface area contributed by atoms with Gasteiger partial charge in [-0.25, -0.2) is 0 Å². The standard InChI is InChI=1S/C14H9Cl2NO3/c1-8-2-3-9(6-13(8)17(19)20)14(18)10-4-11(15)7-12(16)5-10/h2-7H,1H3. The van der Waals surface area contributed by atoms with Gasteiger partial charge < -0.3 is 0 Å². The number of rotatable bonds is 3. The minimum absolute atomic E-state index is 0.0935. The largest absolute Gasteiger partial charge is 0.289 e. The summed E-state index contributed by atoms with van der Waals surface area (Å²) in [5.41, 5.74) is 0.918. The van der Waals surface area contributed by atoms with Crippen LogP contribution in [0.2, 0.25) is 10.0 Å². The third kappa shape index (κ3) is 2.98. The predicted molar refractivity (Wildman–Crippen MR) is 77.7 cm³/mol. The minimum atomic E-state index is -0.517. The molecule has 0 unspecified atom stereocenters. The second-order valence-electron chi connectivity index (χ2n) is 4.25. The van der Waals surface area contributed by atoms with E-state index in [0.717, 1.165) is 0 Å². The molecule has 0 fully saturated rings. The molecule has 0 bridgehead atoms. The average molecular weight is 310 g/mol. The van der Waals surface area contributed by atoms with Crippen LogP contribution < -0.4 is 0 Å². The SMILES string of the molecule is Cc1ccc(C(=O)c2cc(Cl)cc(Cl)c2)cc1[N+](=O)[O-]. The molecule has 2 rings (SSSR count). The zero-order chi connectivity index (χ0) is 14.9. The first-order valence-corrected chi connectivity index (χ1v) is 6.40. The van der Waals surface area contributed by atoms with E-state index in [1.54, 1.807) is 13.0 Å².